The minimum Gasteiger partial charge on any atom is -0.311 e. The number of rotatable bonds is 7. The summed E-state index contributed by atoms with van der Waals surface area (Å²) in [6.07, 6.45) is 4.85. The van der Waals surface area contributed by atoms with Gasteiger partial charge in [-0.05, 0) is 42.7 Å². The Labute approximate surface area is 187 Å². The maximum atomic E-state index is 13.3. The zero-order valence-electron chi connectivity index (χ0n) is 18.4. The van der Waals surface area contributed by atoms with E-state index in [1.54, 1.807) is 23.4 Å². The van der Waals surface area contributed by atoms with E-state index < -0.39 is 0 Å². The van der Waals surface area contributed by atoms with Crippen molar-refractivity contribution in [3.8, 4) is 0 Å². The molecule has 0 saturated heterocycles. The zero-order valence-corrected chi connectivity index (χ0v) is 18.4. The van der Waals surface area contributed by atoms with Crippen LogP contribution in [0, 0.1) is 6.92 Å². The number of carbonyl (C=O) groups excluding carboxylic acids is 1. The maximum Gasteiger partial charge on any atom is 0.275 e. The molecule has 0 radical (unpaired) electrons. The van der Waals surface area contributed by atoms with Crippen molar-refractivity contribution >= 4 is 22.4 Å². The molecule has 2 aromatic heterocycles. The zero-order chi connectivity index (χ0) is 22.5. The van der Waals surface area contributed by atoms with E-state index in [-0.39, 0.29) is 18.0 Å². The summed E-state index contributed by atoms with van der Waals surface area (Å²) in [6, 6.07) is 19.1. The Morgan fingerprint density at radius 2 is 1.75 bits per heavy atom. The van der Waals surface area contributed by atoms with Crippen molar-refractivity contribution in [2.24, 2.45) is 0 Å². The normalized spacial score (nSPS) is 10.9. The van der Waals surface area contributed by atoms with Crippen molar-refractivity contribution in [2.45, 2.75) is 33.2 Å². The highest BCUT2D eigenvalue weighted by molar-refractivity contribution is 5.94. The largest absolute Gasteiger partial charge is 0.311 e. The molecule has 0 aliphatic carbocycles. The molecule has 4 aromatic rings. The van der Waals surface area contributed by atoms with Crippen LogP contribution < -0.4 is 10.5 Å². The molecule has 0 unspecified atom stereocenters. The molecule has 0 spiro atoms. The van der Waals surface area contributed by atoms with Gasteiger partial charge in [0.1, 0.15) is 6.54 Å². The van der Waals surface area contributed by atoms with E-state index in [2.05, 4.69) is 10.1 Å². The van der Waals surface area contributed by atoms with E-state index in [1.807, 2.05) is 68.4 Å². The number of carbonyl (C=O) groups is 1. The van der Waals surface area contributed by atoms with Gasteiger partial charge in [0, 0.05) is 36.4 Å². The molecular formula is C26H26N4O2. The van der Waals surface area contributed by atoms with Crippen LogP contribution in [0.5, 0.6) is 0 Å². The first kappa shape index (κ1) is 21.4. The number of aryl methyl sites for hydroxylation is 1. The number of hydrogen-bond donors (Lipinski definition) is 0. The third kappa shape index (κ3) is 4.44. The van der Waals surface area contributed by atoms with E-state index in [1.165, 1.54) is 4.68 Å². The molecule has 2 heterocycles. The quantitative estimate of drug-likeness (QED) is 0.446. The fraction of sp³-hybridized carbons (Fsp3) is 0.231. The molecular weight excluding hydrogens is 400 g/mol. The summed E-state index contributed by atoms with van der Waals surface area (Å²) in [5.41, 5.74) is 3.37. The first-order valence-corrected chi connectivity index (χ1v) is 10.8. The Morgan fingerprint density at radius 3 is 2.47 bits per heavy atom. The number of aromatic nitrogens is 3. The highest BCUT2D eigenvalue weighted by Gasteiger charge is 2.19. The summed E-state index contributed by atoms with van der Waals surface area (Å²) < 4.78 is 1.30. The number of para-hydroxylation sites is 1. The average molecular weight is 427 g/mol. The predicted molar refractivity (Wildman–Crippen MR) is 127 cm³/mol. The van der Waals surface area contributed by atoms with Gasteiger partial charge in [0.25, 0.3) is 5.56 Å². The molecule has 6 heteroatoms. The molecule has 2 aromatic carbocycles. The molecule has 162 valence electrons. The van der Waals surface area contributed by atoms with Gasteiger partial charge in [0.2, 0.25) is 5.91 Å². The van der Waals surface area contributed by atoms with E-state index in [0.29, 0.717) is 18.4 Å². The maximum absolute atomic E-state index is 13.3. The minimum absolute atomic E-state index is 0.113. The second kappa shape index (κ2) is 9.56. The summed E-state index contributed by atoms with van der Waals surface area (Å²) in [5, 5.41) is 5.99. The molecule has 0 atom stereocenters. The van der Waals surface area contributed by atoms with Gasteiger partial charge >= 0.3 is 0 Å². The topological polar surface area (TPSA) is 68.1 Å². The van der Waals surface area contributed by atoms with Gasteiger partial charge in [-0.3, -0.25) is 14.6 Å². The number of fused-ring (bicyclic) bond motifs is 1. The number of pyridine rings is 1. The van der Waals surface area contributed by atoms with Crippen LogP contribution in [-0.4, -0.2) is 27.2 Å². The van der Waals surface area contributed by atoms with Gasteiger partial charge in [-0.25, -0.2) is 4.68 Å². The number of anilines is 1. The molecule has 0 saturated carbocycles. The molecule has 4 rings (SSSR count). The van der Waals surface area contributed by atoms with Crippen LogP contribution in [0.1, 0.15) is 30.2 Å². The average Bonchev–Trinajstić information content (AvgIpc) is 2.82. The van der Waals surface area contributed by atoms with Crippen molar-refractivity contribution in [3.05, 3.63) is 100 Å². The molecule has 1 amide bonds. The predicted octanol–water partition coefficient (Wildman–Crippen LogP) is 4.13. The summed E-state index contributed by atoms with van der Waals surface area (Å²) in [4.78, 5) is 32.4. The summed E-state index contributed by atoms with van der Waals surface area (Å²) in [5.74, 6) is -0.154. The fourth-order valence-corrected chi connectivity index (χ4v) is 3.92. The molecule has 0 N–H and O–H groups in total. The SMILES string of the molecule is CCCN(C(=O)Cn1nc(Cc2cccnc2)c2ccccc2c1=O)c1ccccc1C. The fourth-order valence-electron chi connectivity index (χ4n) is 3.92. The van der Waals surface area contributed by atoms with Crippen LogP contribution >= 0.6 is 0 Å². The van der Waals surface area contributed by atoms with Crippen LogP contribution in [0.2, 0.25) is 0 Å². The smallest absolute Gasteiger partial charge is 0.275 e. The minimum atomic E-state index is -0.259. The van der Waals surface area contributed by atoms with Gasteiger partial charge < -0.3 is 4.90 Å². The van der Waals surface area contributed by atoms with Crippen molar-refractivity contribution in [1.82, 2.24) is 14.8 Å². The van der Waals surface area contributed by atoms with Crippen LogP contribution in [-0.2, 0) is 17.8 Å². The van der Waals surface area contributed by atoms with Crippen LogP contribution in [0.3, 0.4) is 0 Å². The number of benzene rings is 2. The Morgan fingerprint density at radius 1 is 1.00 bits per heavy atom. The van der Waals surface area contributed by atoms with Crippen LogP contribution in [0.15, 0.2) is 77.9 Å². The molecule has 0 bridgehead atoms. The monoisotopic (exact) mass is 426 g/mol. The van der Waals surface area contributed by atoms with Gasteiger partial charge in [0.05, 0.1) is 11.1 Å². The highest BCUT2D eigenvalue weighted by atomic mass is 16.2. The third-order valence-electron chi connectivity index (χ3n) is 5.48. The van der Waals surface area contributed by atoms with Gasteiger partial charge in [-0.2, -0.15) is 5.10 Å². The number of nitrogens with zero attached hydrogens (tertiary/aromatic N) is 4. The first-order chi connectivity index (χ1) is 15.6. The standard InChI is InChI=1S/C26H26N4O2/c1-3-15-29(24-13-7-4-9-19(24)2)25(31)18-30-26(32)22-12-6-5-11-21(22)23(28-30)16-20-10-8-14-27-17-20/h4-14,17H,3,15-16,18H2,1-2H3. The van der Waals surface area contributed by atoms with E-state index in [4.69, 9.17) is 0 Å². The van der Waals surface area contributed by atoms with Crippen LogP contribution in [0.25, 0.3) is 10.8 Å². The second-order valence-corrected chi connectivity index (χ2v) is 7.82. The number of amides is 1. The molecule has 0 fully saturated rings. The highest BCUT2D eigenvalue weighted by Crippen LogP contribution is 2.21. The van der Waals surface area contributed by atoms with Gasteiger partial charge in [0.15, 0.2) is 0 Å². The van der Waals surface area contributed by atoms with Crippen molar-refractivity contribution < 1.29 is 4.79 Å². The molecule has 6 nitrogen and oxygen atoms in total. The van der Waals surface area contributed by atoms with E-state index >= 15 is 0 Å². The summed E-state index contributed by atoms with van der Waals surface area (Å²) >= 11 is 0. The Balaban J connectivity index is 1.73. The first-order valence-electron chi connectivity index (χ1n) is 10.8. The Hall–Kier alpha value is -3.80. The molecule has 0 aliphatic heterocycles. The second-order valence-electron chi connectivity index (χ2n) is 7.82. The lowest BCUT2D eigenvalue weighted by Gasteiger charge is -2.24. The molecule has 32 heavy (non-hydrogen) atoms. The van der Waals surface area contributed by atoms with E-state index in [9.17, 15) is 9.59 Å². The van der Waals surface area contributed by atoms with Crippen molar-refractivity contribution in [3.63, 3.8) is 0 Å². The van der Waals surface area contributed by atoms with Crippen molar-refractivity contribution in [2.75, 3.05) is 11.4 Å². The van der Waals surface area contributed by atoms with Gasteiger partial charge in [-0.1, -0.05) is 49.4 Å². The Bertz CT molecular complexity index is 1300. The van der Waals surface area contributed by atoms with Crippen molar-refractivity contribution in [1.29, 1.82) is 0 Å². The lowest BCUT2D eigenvalue weighted by atomic mass is 10.1. The van der Waals surface area contributed by atoms with Crippen LogP contribution in [0.4, 0.5) is 5.69 Å². The number of hydrogen-bond acceptors (Lipinski definition) is 4. The summed E-state index contributed by atoms with van der Waals surface area (Å²) in [7, 11) is 0. The summed E-state index contributed by atoms with van der Waals surface area (Å²) in [6.45, 7) is 4.48. The lowest BCUT2D eigenvalue weighted by Crippen LogP contribution is -2.38. The van der Waals surface area contributed by atoms with E-state index in [0.717, 1.165) is 34.3 Å². The Kier molecular flexibility index (Phi) is 6.40. The molecule has 0 aliphatic rings. The third-order valence-corrected chi connectivity index (χ3v) is 5.48. The lowest BCUT2D eigenvalue weighted by molar-refractivity contribution is -0.119. The van der Waals surface area contributed by atoms with Gasteiger partial charge in [-0.15, -0.1) is 0 Å².